The van der Waals surface area contributed by atoms with E-state index < -0.39 is 8.80 Å². The Morgan fingerprint density at radius 3 is 2.16 bits per heavy atom. The van der Waals surface area contributed by atoms with Gasteiger partial charge in [0.05, 0.1) is 0 Å². The SMILES string of the molecule is Oc1ccccc1C1([SiH]2CCCCC2)CCCCC1. The molecule has 1 N–H and O–H groups in total. The van der Waals surface area contributed by atoms with Gasteiger partial charge in [0.2, 0.25) is 0 Å². The maximum absolute atomic E-state index is 10.4. The number of phenols is 1. The molecule has 2 fully saturated rings. The second-order valence-corrected chi connectivity index (χ2v) is 10.2. The molecule has 0 unspecified atom stereocenters. The minimum Gasteiger partial charge on any atom is -0.508 e. The quantitative estimate of drug-likeness (QED) is 0.785. The lowest BCUT2D eigenvalue weighted by Gasteiger charge is -2.45. The lowest BCUT2D eigenvalue weighted by Crippen LogP contribution is -2.45. The summed E-state index contributed by atoms with van der Waals surface area (Å²) in [7, 11) is -0.758. The number of benzene rings is 1. The summed E-state index contributed by atoms with van der Waals surface area (Å²) < 4.78 is 0. The molecular weight excluding hydrogens is 248 g/mol. The van der Waals surface area contributed by atoms with Crippen molar-refractivity contribution < 1.29 is 5.11 Å². The van der Waals surface area contributed by atoms with E-state index in [2.05, 4.69) is 12.1 Å². The normalized spacial score (nSPS) is 24.2. The fourth-order valence-electron chi connectivity index (χ4n) is 4.63. The number of aromatic hydroxyl groups is 1. The highest BCUT2D eigenvalue weighted by atomic mass is 28.3. The van der Waals surface area contributed by atoms with Crippen molar-refractivity contribution >= 4 is 8.80 Å². The molecule has 0 amide bonds. The van der Waals surface area contributed by atoms with Gasteiger partial charge >= 0.3 is 0 Å². The molecule has 1 aliphatic heterocycles. The van der Waals surface area contributed by atoms with Crippen LogP contribution in [0.15, 0.2) is 24.3 Å². The number of phenolic OH excluding ortho intramolecular Hbond substituents is 1. The van der Waals surface area contributed by atoms with E-state index in [1.807, 2.05) is 12.1 Å². The molecule has 1 nitrogen and oxygen atoms in total. The highest BCUT2D eigenvalue weighted by Gasteiger charge is 2.43. The third kappa shape index (κ3) is 2.47. The second-order valence-electron chi connectivity index (χ2n) is 6.57. The number of rotatable bonds is 2. The first-order chi connectivity index (χ1) is 9.33. The first-order valence-electron chi connectivity index (χ1n) is 8.11. The second kappa shape index (κ2) is 5.70. The van der Waals surface area contributed by atoms with Gasteiger partial charge in [-0.1, -0.05) is 68.8 Å². The van der Waals surface area contributed by atoms with E-state index in [-0.39, 0.29) is 0 Å². The zero-order valence-corrected chi connectivity index (χ0v) is 13.1. The molecule has 104 valence electrons. The van der Waals surface area contributed by atoms with E-state index in [1.165, 1.54) is 69.0 Å². The zero-order valence-electron chi connectivity index (χ0n) is 11.9. The minimum absolute atomic E-state index is 0.421. The smallest absolute Gasteiger partial charge is 0.119 e. The van der Waals surface area contributed by atoms with E-state index in [0.29, 0.717) is 10.8 Å². The van der Waals surface area contributed by atoms with E-state index >= 15 is 0 Å². The molecule has 2 aliphatic rings. The van der Waals surface area contributed by atoms with Gasteiger partial charge in [-0.2, -0.15) is 0 Å². The summed E-state index contributed by atoms with van der Waals surface area (Å²) in [6.07, 6.45) is 11.2. The van der Waals surface area contributed by atoms with Crippen LogP contribution in [-0.2, 0) is 5.04 Å². The molecule has 1 aliphatic carbocycles. The summed E-state index contributed by atoms with van der Waals surface area (Å²) in [4.78, 5) is 0. The lowest BCUT2D eigenvalue weighted by molar-refractivity contribution is 0.364. The van der Waals surface area contributed by atoms with E-state index in [9.17, 15) is 5.11 Å². The van der Waals surface area contributed by atoms with Crippen molar-refractivity contribution in [2.75, 3.05) is 0 Å². The Morgan fingerprint density at radius 1 is 0.842 bits per heavy atom. The zero-order chi connectivity index (χ0) is 13.1. The first kappa shape index (κ1) is 13.2. The highest BCUT2D eigenvalue weighted by Crippen LogP contribution is 2.48. The van der Waals surface area contributed by atoms with E-state index in [4.69, 9.17) is 0 Å². The van der Waals surface area contributed by atoms with Crippen molar-refractivity contribution in [3.05, 3.63) is 29.8 Å². The maximum atomic E-state index is 10.4. The summed E-state index contributed by atoms with van der Waals surface area (Å²) >= 11 is 0. The number of para-hydroxylation sites is 1. The number of hydrogen-bond donors (Lipinski definition) is 1. The Hall–Kier alpha value is -0.763. The molecule has 0 aromatic heterocycles. The summed E-state index contributed by atoms with van der Waals surface area (Å²) in [6, 6.07) is 11.2. The summed E-state index contributed by atoms with van der Waals surface area (Å²) in [6.45, 7) is 0. The van der Waals surface area contributed by atoms with Gasteiger partial charge in [0.1, 0.15) is 5.75 Å². The van der Waals surface area contributed by atoms with E-state index in [0.717, 1.165) is 0 Å². The summed E-state index contributed by atoms with van der Waals surface area (Å²) in [5, 5.41) is 10.8. The average molecular weight is 274 g/mol. The topological polar surface area (TPSA) is 20.2 Å². The standard InChI is InChI=1S/C17H26OSi/c18-16-10-4-3-9-15(16)17(11-5-1-6-12-17)19-13-7-2-8-14-19/h3-4,9-10,18-19H,1-2,5-8,11-14H2. The molecule has 3 rings (SSSR count). The van der Waals surface area contributed by atoms with Crippen LogP contribution < -0.4 is 0 Å². The third-order valence-electron chi connectivity index (χ3n) is 5.57. The van der Waals surface area contributed by atoms with Gasteiger partial charge in [-0.3, -0.25) is 0 Å². The van der Waals surface area contributed by atoms with Crippen molar-refractivity contribution in [2.24, 2.45) is 0 Å². The van der Waals surface area contributed by atoms with Gasteiger partial charge in [0.25, 0.3) is 0 Å². The Balaban J connectivity index is 1.98. The Kier molecular flexibility index (Phi) is 3.97. The molecule has 0 bridgehead atoms. The minimum atomic E-state index is -0.758. The maximum Gasteiger partial charge on any atom is 0.119 e. The van der Waals surface area contributed by atoms with E-state index in [1.54, 1.807) is 0 Å². The van der Waals surface area contributed by atoms with Gasteiger partial charge in [-0.15, -0.1) is 0 Å². The van der Waals surface area contributed by atoms with Crippen molar-refractivity contribution in [1.29, 1.82) is 0 Å². The molecule has 1 saturated carbocycles. The predicted molar refractivity (Wildman–Crippen MR) is 83.5 cm³/mol. The Labute approximate surface area is 118 Å². The van der Waals surface area contributed by atoms with Crippen LogP contribution in [0.3, 0.4) is 0 Å². The van der Waals surface area contributed by atoms with Crippen molar-refractivity contribution in [1.82, 2.24) is 0 Å². The molecule has 1 aromatic rings. The van der Waals surface area contributed by atoms with Crippen LogP contribution in [0.2, 0.25) is 12.1 Å². The summed E-state index contributed by atoms with van der Waals surface area (Å²) in [5.74, 6) is 0.572. The van der Waals surface area contributed by atoms with Crippen LogP contribution in [0.1, 0.15) is 56.9 Å². The molecule has 2 heteroatoms. The fraction of sp³-hybridized carbons (Fsp3) is 0.647. The Morgan fingerprint density at radius 2 is 1.47 bits per heavy atom. The van der Waals surface area contributed by atoms with Crippen LogP contribution in [0.25, 0.3) is 0 Å². The van der Waals surface area contributed by atoms with Crippen LogP contribution >= 0.6 is 0 Å². The predicted octanol–water partition coefficient (Wildman–Crippen LogP) is 4.54. The monoisotopic (exact) mass is 274 g/mol. The number of hydrogen-bond acceptors (Lipinski definition) is 1. The molecule has 0 spiro atoms. The molecule has 1 heterocycles. The van der Waals surface area contributed by atoms with Gasteiger partial charge in [0, 0.05) is 8.80 Å². The molecule has 1 saturated heterocycles. The van der Waals surface area contributed by atoms with Crippen molar-refractivity contribution in [2.45, 2.75) is 68.5 Å². The van der Waals surface area contributed by atoms with Crippen molar-refractivity contribution in [3.63, 3.8) is 0 Å². The van der Waals surface area contributed by atoms with Gasteiger partial charge in [-0.05, 0) is 29.5 Å². The molecule has 0 radical (unpaired) electrons. The van der Waals surface area contributed by atoms with Gasteiger partial charge < -0.3 is 5.11 Å². The van der Waals surface area contributed by atoms with Crippen LogP contribution in [-0.4, -0.2) is 13.9 Å². The lowest BCUT2D eigenvalue weighted by atomic mass is 9.82. The molecular formula is C17H26OSi. The Bertz CT molecular complexity index is 417. The average Bonchev–Trinajstić information content (AvgIpc) is 2.49. The molecule has 1 aromatic carbocycles. The largest absolute Gasteiger partial charge is 0.508 e. The molecule has 19 heavy (non-hydrogen) atoms. The molecule has 0 atom stereocenters. The summed E-state index contributed by atoms with van der Waals surface area (Å²) in [5.41, 5.74) is 1.31. The highest BCUT2D eigenvalue weighted by molar-refractivity contribution is 6.62. The van der Waals surface area contributed by atoms with Gasteiger partial charge in [-0.25, -0.2) is 0 Å². The third-order valence-corrected chi connectivity index (χ3v) is 10.2. The van der Waals surface area contributed by atoms with Crippen LogP contribution in [0.5, 0.6) is 5.75 Å². The van der Waals surface area contributed by atoms with Crippen molar-refractivity contribution in [3.8, 4) is 5.75 Å². The fourth-order valence-corrected chi connectivity index (χ4v) is 9.50. The van der Waals surface area contributed by atoms with Crippen LogP contribution in [0.4, 0.5) is 0 Å². The first-order valence-corrected chi connectivity index (χ1v) is 10.3. The van der Waals surface area contributed by atoms with Crippen LogP contribution in [0, 0.1) is 0 Å². The van der Waals surface area contributed by atoms with Gasteiger partial charge in [0.15, 0.2) is 0 Å².